The number of hydrogen-bond donors (Lipinski definition) is 2. The fourth-order valence-corrected chi connectivity index (χ4v) is 1.64. The molecule has 0 amide bonds. The van der Waals surface area contributed by atoms with Crippen LogP contribution >= 0.6 is 12.4 Å². The smallest absolute Gasteiger partial charge is 0.300 e. The van der Waals surface area contributed by atoms with Crippen LogP contribution in [0.3, 0.4) is 0 Å². The molecule has 0 atom stereocenters. The topological polar surface area (TPSA) is 120 Å². The molecular weight excluding hydrogens is 274 g/mol. The van der Waals surface area contributed by atoms with Crippen molar-refractivity contribution in [1.29, 1.82) is 0 Å². The Morgan fingerprint density at radius 2 is 2.05 bits per heavy atom. The summed E-state index contributed by atoms with van der Waals surface area (Å²) in [4.78, 5) is 10.3. The second kappa shape index (κ2) is 6.86. The molecule has 0 spiro atoms. The van der Waals surface area contributed by atoms with Gasteiger partial charge in [-0.15, -0.1) is 12.4 Å². The Balaban J connectivity index is 0.00000180. The highest BCUT2D eigenvalue weighted by Gasteiger charge is 2.19. The third-order valence-electron chi connectivity index (χ3n) is 2.54. The van der Waals surface area contributed by atoms with E-state index in [9.17, 15) is 10.1 Å². The lowest BCUT2D eigenvalue weighted by Crippen LogP contribution is -2.06. The van der Waals surface area contributed by atoms with Gasteiger partial charge in [0, 0.05) is 12.6 Å². The van der Waals surface area contributed by atoms with Gasteiger partial charge in [0.05, 0.1) is 10.6 Å². The summed E-state index contributed by atoms with van der Waals surface area (Å²) in [6, 6.07) is 2.99. The number of hydrogen-bond acceptors (Lipinski definition) is 7. The van der Waals surface area contributed by atoms with E-state index in [1.54, 1.807) is 6.07 Å². The molecule has 8 nitrogen and oxygen atoms in total. The van der Waals surface area contributed by atoms with E-state index in [0.717, 1.165) is 19.4 Å². The van der Waals surface area contributed by atoms with Gasteiger partial charge in [-0.25, -0.2) is 4.63 Å². The molecular formula is C10H14ClN5O3. The molecule has 2 aromatic rings. The van der Waals surface area contributed by atoms with Crippen molar-refractivity contribution < 1.29 is 9.55 Å². The average Bonchev–Trinajstić information content (AvgIpc) is 2.83. The number of nitrogens with one attached hydrogen (secondary N) is 1. The number of nitro benzene ring substituents is 1. The summed E-state index contributed by atoms with van der Waals surface area (Å²) in [7, 11) is 0. The van der Waals surface area contributed by atoms with Crippen LogP contribution in [0.15, 0.2) is 16.8 Å². The lowest BCUT2D eigenvalue weighted by Gasteiger charge is -2.05. The number of nitrogens with two attached hydrogens (primary N) is 1. The number of nitrogens with zero attached hydrogens (tertiary/aromatic N) is 3. The molecule has 1 aromatic carbocycles. The first kappa shape index (κ1) is 15.1. The monoisotopic (exact) mass is 287 g/mol. The third-order valence-corrected chi connectivity index (χ3v) is 2.54. The molecule has 0 bridgehead atoms. The minimum absolute atomic E-state index is 0. The molecule has 0 aliphatic heterocycles. The second-order valence-corrected chi connectivity index (χ2v) is 3.77. The summed E-state index contributed by atoms with van der Waals surface area (Å²) < 4.78 is 4.56. The molecule has 0 radical (unpaired) electrons. The van der Waals surface area contributed by atoms with Crippen LogP contribution in [0, 0.1) is 10.1 Å². The van der Waals surface area contributed by atoms with E-state index in [4.69, 9.17) is 5.73 Å². The summed E-state index contributed by atoms with van der Waals surface area (Å²) >= 11 is 0. The SMILES string of the molecule is Cl.NCCCCNc1ccc([N+](=O)[O-])c2nonc12. The lowest BCUT2D eigenvalue weighted by atomic mass is 10.2. The molecule has 9 heteroatoms. The minimum atomic E-state index is -0.509. The Morgan fingerprint density at radius 3 is 2.74 bits per heavy atom. The average molecular weight is 288 g/mol. The van der Waals surface area contributed by atoms with E-state index in [2.05, 4.69) is 20.3 Å². The maximum atomic E-state index is 10.8. The van der Waals surface area contributed by atoms with Crippen molar-refractivity contribution in [3.8, 4) is 0 Å². The van der Waals surface area contributed by atoms with Crippen molar-refractivity contribution in [2.45, 2.75) is 12.8 Å². The molecule has 0 fully saturated rings. The molecule has 0 saturated heterocycles. The molecule has 0 saturated carbocycles. The van der Waals surface area contributed by atoms with E-state index in [-0.39, 0.29) is 23.6 Å². The number of anilines is 1. The maximum absolute atomic E-state index is 10.8. The van der Waals surface area contributed by atoms with Crippen molar-refractivity contribution in [1.82, 2.24) is 10.3 Å². The van der Waals surface area contributed by atoms with Gasteiger partial charge in [-0.1, -0.05) is 0 Å². The van der Waals surface area contributed by atoms with Gasteiger partial charge < -0.3 is 11.1 Å². The Kier molecular flexibility index (Phi) is 5.46. The zero-order valence-electron chi connectivity index (χ0n) is 10.0. The number of rotatable bonds is 6. The summed E-state index contributed by atoms with van der Waals surface area (Å²) in [6.07, 6.45) is 1.83. The van der Waals surface area contributed by atoms with Crippen LogP contribution in [0.2, 0.25) is 0 Å². The Bertz CT molecular complexity index is 559. The van der Waals surface area contributed by atoms with Gasteiger partial charge in [0.2, 0.25) is 5.52 Å². The predicted octanol–water partition coefficient (Wildman–Crippen LogP) is 1.70. The number of unbranched alkanes of at least 4 members (excludes halogenated alkanes) is 1. The summed E-state index contributed by atoms with van der Waals surface area (Å²) in [5, 5.41) is 21.2. The number of nitro groups is 1. The number of halogens is 1. The van der Waals surface area contributed by atoms with Gasteiger partial charge in [0.1, 0.15) is 0 Å². The molecule has 3 N–H and O–H groups in total. The number of benzene rings is 1. The van der Waals surface area contributed by atoms with Gasteiger partial charge in [-0.3, -0.25) is 10.1 Å². The molecule has 0 unspecified atom stereocenters. The summed E-state index contributed by atoms with van der Waals surface area (Å²) in [5.41, 5.74) is 6.49. The van der Waals surface area contributed by atoms with E-state index < -0.39 is 4.92 Å². The fraction of sp³-hybridized carbons (Fsp3) is 0.400. The molecule has 19 heavy (non-hydrogen) atoms. The van der Waals surface area contributed by atoms with Gasteiger partial charge in [-0.2, -0.15) is 0 Å². The molecule has 1 aromatic heterocycles. The van der Waals surface area contributed by atoms with Crippen molar-refractivity contribution in [3.63, 3.8) is 0 Å². The number of fused-ring (bicyclic) bond motifs is 1. The van der Waals surface area contributed by atoms with E-state index >= 15 is 0 Å². The van der Waals surface area contributed by atoms with Crippen molar-refractivity contribution >= 4 is 34.8 Å². The fourth-order valence-electron chi connectivity index (χ4n) is 1.64. The van der Waals surface area contributed by atoms with Crippen molar-refractivity contribution in [2.24, 2.45) is 5.73 Å². The van der Waals surface area contributed by atoms with Crippen molar-refractivity contribution in [3.05, 3.63) is 22.2 Å². The highest BCUT2D eigenvalue weighted by molar-refractivity contribution is 5.93. The number of non-ortho nitro benzene ring substituents is 1. The van der Waals surface area contributed by atoms with Crippen LogP contribution in [0.25, 0.3) is 11.0 Å². The van der Waals surface area contributed by atoms with Crippen LogP contribution in [-0.4, -0.2) is 28.3 Å². The minimum Gasteiger partial charge on any atom is -0.383 e. The number of aromatic nitrogens is 2. The van der Waals surface area contributed by atoms with Crippen LogP contribution < -0.4 is 11.1 Å². The molecule has 2 rings (SSSR count). The van der Waals surface area contributed by atoms with Crippen LogP contribution in [0.1, 0.15) is 12.8 Å². The highest BCUT2D eigenvalue weighted by atomic mass is 35.5. The van der Waals surface area contributed by atoms with Crippen LogP contribution in [0.5, 0.6) is 0 Å². The van der Waals surface area contributed by atoms with Gasteiger partial charge in [-0.05, 0) is 35.8 Å². The Morgan fingerprint density at radius 1 is 1.32 bits per heavy atom. The summed E-state index contributed by atoms with van der Waals surface area (Å²) in [6.45, 7) is 1.36. The quantitative estimate of drug-likeness (QED) is 0.471. The van der Waals surface area contributed by atoms with Gasteiger partial charge >= 0.3 is 5.69 Å². The second-order valence-electron chi connectivity index (χ2n) is 3.77. The molecule has 0 aliphatic rings. The maximum Gasteiger partial charge on any atom is 0.300 e. The largest absolute Gasteiger partial charge is 0.383 e. The van der Waals surface area contributed by atoms with E-state index in [1.807, 2.05) is 0 Å². The molecule has 104 valence electrons. The zero-order chi connectivity index (χ0) is 13.0. The molecule has 1 heterocycles. The van der Waals surface area contributed by atoms with Crippen molar-refractivity contribution in [2.75, 3.05) is 18.4 Å². The lowest BCUT2D eigenvalue weighted by molar-refractivity contribution is -0.383. The first-order chi connectivity index (χ1) is 8.74. The van der Waals surface area contributed by atoms with Crippen LogP contribution in [0.4, 0.5) is 11.4 Å². The van der Waals surface area contributed by atoms with Crippen LogP contribution in [-0.2, 0) is 0 Å². The first-order valence-electron chi connectivity index (χ1n) is 5.57. The standard InChI is InChI=1S/C10H13N5O3.ClH/c11-5-1-2-6-12-7-3-4-8(15(16)17)10-9(7)13-18-14-10;/h3-4,12H,1-2,5-6,11H2;1H. The van der Waals surface area contributed by atoms with E-state index in [0.29, 0.717) is 17.7 Å². The highest BCUT2D eigenvalue weighted by Crippen LogP contribution is 2.28. The normalized spacial score (nSPS) is 10.2. The Labute approximate surface area is 114 Å². The molecule has 0 aliphatic carbocycles. The Hall–Kier alpha value is -1.93. The third kappa shape index (κ3) is 3.30. The van der Waals surface area contributed by atoms with E-state index in [1.165, 1.54) is 6.07 Å². The first-order valence-corrected chi connectivity index (χ1v) is 5.57. The summed E-state index contributed by atoms with van der Waals surface area (Å²) in [5.74, 6) is 0. The van der Waals surface area contributed by atoms with Gasteiger partial charge in [0.15, 0.2) is 5.52 Å². The predicted molar refractivity (Wildman–Crippen MR) is 72.5 cm³/mol. The van der Waals surface area contributed by atoms with Gasteiger partial charge in [0.25, 0.3) is 0 Å². The zero-order valence-corrected chi connectivity index (χ0v) is 10.9.